The van der Waals surface area contributed by atoms with Gasteiger partial charge in [0.1, 0.15) is 0 Å². The second-order valence-electron chi connectivity index (χ2n) is 4.64. The first-order valence-electron chi connectivity index (χ1n) is 6.47. The Labute approximate surface area is 120 Å². The van der Waals surface area contributed by atoms with Crippen LogP contribution in [0.15, 0.2) is 36.9 Å². The Hall–Kier alpha value is -2.90. The minimum Gasteiger partial charge on any atom is -0.363 e. The highest BCUT2D eigenvalue weighted by molar-refractivity contribution is 5.62. The molecule has 0 spiro atoms. The zero-order chi connectivity index (χ0) is 14.8. The molecule has 3 rings (SSSR count). The van der Waals surface area contributed by atoms with E-state index in [9.17, 15) is 10.1 Å². The Morgan fingerprint density at radius 2 is 2.29 bits per heavy atom. The van der Waals surface area contributed by atoms with E-state index in [0.29, 0.717) is 18.6 Å². The molecular weight excluding hydrogens is 272 g/mol. The Balaban J connectivity index is 1.82. The highest BCUT2D eigenvalue weighted by Gasteiger charge is 2.21. The maximum absolute atomic E-state index is 11.2. The zero-order valence-corrected chi connectivity index (χ0v) is 11.4. The third-order valence-corrected chi connectivity index (χ3v) is 3.27. The lowest BCUT2D eigenvalue weighted by Gasteiger charge is -2.04. The summed E-state index contributed by atoms with van der Waals surface area (Å²) in [6.45, 7) is 0.546. The monoisotopic (exact) mass is 286 g/mol. The Morgan fingerprint density at radius 3 is 3.00 bits per heavy atom. The van der Waals surface area contributed by atoms with Gasteiger partial charge in [-0.25, -0.2) is 4.98 Å². The van der Waals surface area contributed by atoms with Crippen molar-refractivity contribution in [2.45, 2.75) is 6.42 Å². The first kappa shape index (κ1) is 13.1. The van der Waals surface area contributed by atoms with Crippen molar-refractivity contribution < 1.29 is 4.92 Å². The fraction of sp³-hybridized carbons (Fsp3) is 0.231. The molecule has 0 amide bonds. The largest absolute Gasteiger partial charge is 0.372 e. The summed E-state index contributed by atoms with van der Waals surface area (Å²) in [6.07, 6.45) is 5.84. The van der Waals surface area contributed by atoms with Crippen LogP contribution in [-0.4, -0.2) is 30.4 Å². The molecule has 0 unspecified atom stereocenters. The number of aromatic nitrogens is 4. The predicted octanol–water partition coefficient (Wildman–Crippen LogP) is 1.63. The van der Waals surface area contributed by atoms with Gasteiger partial charge < -0.3 is 20.0 Å². The lowest BCUT2D eigenvalue weighted by atomic mass is 10.3. The maximum Gasteiger partial charge on any atom is 0.372 e. The number of rotatable bonds is 5. The molecule has 0 aliphatic rings. The van der Waals surface area contributed by atoms with Gasteiger partial charge in [-0.05, 0) is 11.0 Å². The van der Waals surface area contributed by atoms with E-state index >= 15 is 0 Å². The molecule has 3 heterocycles. The smallest absolute Gasteiger partial charge is 0.363 e. The molecule has 8 nitrogen and oxygen atoms in total. The molecule has 8 heteroatoms. The first-order valence-corrected chi connectivity index (χ1v) is 6.47. The highest BCUT2D eigenvalue weighted by atomic mass is 16.6. The lowest BCUT2D eigenvalue weighted by molar-refractivity contribution is -0.389. The van der Waals surface area contributed by atoms with Crippen LogP contribution in [0.1, 0.15) is 5.69 Å². The van der Waals surface area contributed by atoms with Crippen molar-refractivity contribution in [3.05, 3.63) is 52.7 Å². The van der Waals surface area contributed by atoms with E-state index in [-0.39, 0.29) is 11.6 Å². The van der Waals surface area contributed by atoms with Crippen LogP contribution in [0, 0.1) is 10.1 Å². The molecule has 21 heavy (non-hydrogen) atoms. The number of nitro groups is 1. The molecule has 0 saturated heterocycles. The molecule has 0 aromatic carbocycles. The molecule has 0 fully saturated rings. The lowest BCUT2D eigenvalue weighted by Crippen LogP contribution is -2.09. The second-order valence-corrected chi connectivity index (χ2v) is 4.64. The van der Waals surface area contributed by atoms with Gasteiger partial charge in [-0.2, -0.15) is 9.38 Å². The van der Waals surface area contributed by atoms with Crippen LogP contribution in [0.4, 0.5) is 11.6 Å². The fourth-order valence-corrected chi connectivity index (χ4v) is 2.21. The van der Waals surface area contributed by atoms with E-state index in [1.54, 1.807) is 36.9 Å². The molecule has 0 bridgehead atoms. The minimum absolute atomic E-state index is 0.0457. The third kappa shape index (κ3) is 2.42. The van der Waals surface area contributed by atoms with Crippen LogP contribution in [0.25, 0.3) is 5.65 Å². The van der Waals surface area contributed by atoms with E-state index < -0.39 is 4.92 Å². The van der Waals surface area contributed by atoms with Gasteiger partial charge in [-0.1, -0.05) is 6.07 Å². The average molecular weight is 286 g/mol. The van der Waals surface area contributed by atoms with E-state index in [2.05, 4.69) is 15.3 Å². The van der Waals surface area contributed by atoms with Crippen LogP contribution < -0.4 is 5.32 Å². The average Bonchev–Trinajstić information content (AvgIpc) is 3.02. The predicted molar refractivity (Wildman–Crippen MR) is 77.2 cm³/mol. The van der Waals surface area contributed by atoms with E-state index in [4.69, 9.17) is 0 Å². The standard InChI is InChI=1S/C13H14N6O2/c1-17-9-14-8-10(17)5-6-15-12-13(19(20)21)18-7-3-2-4-11(18)16-12/h2-4,7-9,15H,5-6H2,1H3. The number of anilines is 1. The number of nitrogens with zero attached hydrogens (tertiary/aromatic N) is 5. The van der Waals surface area contributed by atoms with Gasteiger partial charge >= 0.3 is 5.82 Å². The summed E-state index contributed by atoms with van der Waals surface area (Å²) in [4.78, 5) is 19.1. The molecular formula is C13H14N6O2. The van der Waals surface area contributed by atoms with Gasteiger partial charge in [0.25, 0.3) is 0 Å². The SMILES string of the molecule is Cn1cncc1CCNc1nc2ccccn2c1[N+](=O)[O-]. The summed E-state index contributed by atoms with van der Waals surface area (Å²) in [5.74, 6) is 0.240. The molecule has 0 atom stereocenters. The number of pyridine rings is 1. The molecule has 108 valence electrons. The number of imidazole rings is 2. The van der Waals surface area contributed by atoms with Crippen LogP contribution in [-0.2, 0) is 13.5 Å². The van der Waals surface area contributed by atoms with Crippen molar-refractivity contribution >= 4 is 17.3 Å². The van der Waals surface area contributed by atoms with Crippen LogP contribution in [0.2, 0.25) is 0 Å². The van der Waals surface area contributed by atoms with Crippen molar-refractivity contribution in [1.82, 2.24) is 18.9 Å². The summed E-state index contributed by atoms with van der Waals surface area (Å²) in [7, 11) is 1.91. The molecule has 0 saturated carbocycles. The van der Waals surface area contributed by atoms with Gasteiger partial charge in [0.2, 0.25) is 11.5 Å². The Kier molecular flexibility index (Phi) is 3.27. The normalized spacial score (nSPS) is 10.9. The van der Waals surface area contributed by atoms with E-state index in [1.165, 1.54) is 4.40 Å². The molecule has 0 aliphatic heterocycles. The summed E-state index contributed by atoms with van der Waals surface area (Å²) in [5, 5.41) is 14.3. The van der Waals surface area contributed by atoms with Crippen LogP contribution in [0.5, 0.6) is 0 Å². The van der Waals surface area contributed by atoms with Gasteiger partial charge in [0.15, 0.2) is 0 Å². The van der Waals surface area contributed by atoms with Gasteiger partial charge in [0.05, 0.1) is 12.5 Å². The molecule has 0 radical (unpaired) electrons. The molecule has 1 N–H and O–H groups in total. The van der Waals surface area contributed by atoms with E-state index in [1.807, 2.05) is 11.6 Å². The van der Waals surface area contributed by atoms with Crippen molar-refractivity contribution in [2.75, 3.05) is 11.9 Å². The fourth-order valence-electron chi connectivity index (χ4n) is 2.21. The number of nitrogens with one attached hydrogen (secondary N) is 1. The summed E-state index contributed by atoms with van der Waals surface area (Å²) >= 11 is 0. The third-order valence-electron chi connectivity index (χ3n) is 3.27. The molecule has 3 aromatic rings. The topological polar surface area (TPSA) is 90.3 Å². The summed E-state index contributed by atoms with van der Waals surface area (Å²) in [5.41, 5.74) is 1.60. The van der Waals surface area contributed by atoms with Gasteiger partial charge in [0, 0.05) is 38.0 Å². The van der Waals surface area contributed by atoms with E-state index in [0.717, 1.165) is 5.69 Å². The number of aryl methyl sites for hydroxylation is 1. The summed E-state index contributed by atoms with van der Waals surface area (Å²) in [6, 6.07) is 5.27. The van der Waals surface area contributed by atoms with Crippen molar-refractivity contribution in [2.24, 2.45) is 7.05 Å². The minimum atomic E-state index is -0.424. The van der Waals surface area contributed by atoms with Crippen molar-refractivity contribution in [3.63, 3.8) is 0 Å². The summed E-state index contributed by atoms with van der Waals surface area (Å²) < 4.78 is 3.38. The second kappa shape index (κ2) is 5.23. The molecule has 0 aliphatic carbocycles. The first-order chi connectivity index (χ1) is 10.2. The number of hydrogen-bond acceptors (Lipinski definition) is 5. The van der Waals surface area contributed by atoms with Crippen molar-refractivity contribution in [3.8, 4) is 0 Å². The Bertz CT molecular complexity index is 791. The van der Waals surface area contributed by atoms with Gasteiger partial charge in [-0.15, -0.1) is 0 Å². The molecule has 3 aromatic heterocycles. The van der Waals surface area contributed by atoms with Crippen LogP contribution >= 0.6 is 0 Å². The van der Waals surface area contributed by atoms with Crippen LogP contribution in [0.3, 0.4) is 0 Å². The number of hydrogen-bond donors (Lipinski definition) is 1. The Morgan fingerprint density at radius 1 is 1.43 bits per heavy atom. The zero-order valence-electron chi connectivity index (χ0n) is 11.4. The highest BCUT2D eigenvalue weighted by Crippen LogP contribution is 2.24. The van der Waals surface area contributed by atoms with Crippen molar-refractivity contribution in [1.29, 1.82) is 0 Å². The van der Waals surface area contributed by atoms with Gasteiger partial charge in [-0.3, -0.25) is 0 Å². The quantitative estimate of drug-likeness (QED) is 0.568. The maximum atomic E-state index is 11.2. The number of fused-ring (bicyclic) bond motifs is 1.